The second kappa shape index (κ2) is 7.37. The summed E-state index contributed by atoms with van der Waals surface area (Å²) >= 11 is 0. The van der Waals surface area contributed by atoms with E-state index in [9.17, 15) is 4.79 Å². The van der Waals surface area contributed by atoms with Crippen LogP contribution in [0.25, 0.3) is 17.3 Å². The molecule has 1 amide bonds. The molecule has 0 saturated carbocycles. The number of hydrogen-bond donors (Lipinski definition) is 1. The fraction of sp³-hybridized carbons (Fsp3) is 0.0400. The summed E-state index contributed by atoms with van der Waals surface area (Å²) in [7, 11) is 0. The molecule has 2 heterocycles. The Balaban J connectivity index is 1.69. The van der Waals surface area contributed by atoms with Gasteiger partial charge in [0.2, 0.25) is 5.88 Å². The van der Waals surface area contributed by atoms with E-state index >= 15 is 0 Å². The summed E-state index contributed by atoms with van der Waals surface area (Å²) in [6, 6.07) is 27.1. The third kappa shape index (κ3) is 3.16. The van der Waals surface area contributed by atoms with Crippen LogP contribution in [0, 0.1) is 6.92 Å². The van der Waals surface area contributed by atoms with Crippen molar-refractivity contribution in [3.05, 3.63) is 102 Å². The maximum absolute atomic E-state index is 12.6. The van der Waals surface area contributed by atoms with Crippen LogP contribution in [0.4, 0.5) is 5.69 Å². The Kier molecular flexibility index (Phi) is 4.41. The molecule has 0 fully saturated rings. The van der Waals surface area contributed by atoms with E-state index in [1.807, 2.05) is 97.9 Å². The fourth-order valence-corrected chi connectivity index (χ4v) is 3.55. The molecule has 1 N–H and O–H groups in total. The van der Waals surface area contributed by atoms with Crippen LogP contribution in [0.3, 0.4) is 0 Å². The van der Waals surface area contributed by atoms with Gasteiger partial charge in [0.25, 0.3) is 5.91 Å². The van der Waals surface area contributed by atoms with Gasteiger partial charge in [-0.15, -0.1) is 0 Å². The summed E-state index contributed by atoms with van der Waals surface area (Å²) in [5, 5.41) is 7.64. The first-order valence-electron chi connectivity index (χ1n) is 9.71. The molecular formula is C25H19N3O2. The zero-order valence-corrected chi connectivity index (χ0v) is 16.4. The average molecular weight is 393 g/mol. The number of amides is 1. The minimum Gasteiger partial charge on any atom is -0.438 e. The highest BCUT2D eigenvalue weighted by Crippen LogP contribution is 2.37. The monoisotopic (exact) mass is 393 g/mol. The summed E-state index contributed by atoms with van der Waals surface area (Å²) in [5.74, 6) is 1.13. The van der Waals surface area contributed by atoms with E-state index in [1.165, 1.54) is 0 Å². The topological polar surface area (TPSA) is 56.2 Å². The molecule has 0 spiro atoms. The zero-order chi connectivity index (χ0) is 20.5. The van der Waals surface area contributed by atoms with Crippen LogP contribution in [0.15, 0.2) is 84.9 Å². The first kappa shape index (κ1) is 17.9. The molecule has 4 aromatic rings. The predicted octanol–water partition coefficient (Wildman–Crippen LogP) is 5.47. The van der Waals surface area contributed by atoms with Crippen molar-refractivity contribution < 1.29 is 9.53 Å². The molecule has 1 aliphatic heterocycles. The Morgan fingerprint density at radius 1 is 0.900 bits per heavy atom. The second-order valence-electron chi connectivity index (χ2n) is 7.02. The highest BCUT2D eigenvalue weighted by atomic mass is 16.5. The molecule has 0 aliphatic carbocycles. The normalized spacial score (nSPS) is 13.9. The fourth-order valence-electron chi connectivity index (χ4n) is 3.55. The first-order chi connectivity index (χ1) is 14.7. The van der Waals surface area contributed by atoms with Crippen LogP contribution < -0.4 is 10.1 Å². The molecule has 0 saturated heterocycles. The summed E-state index contributed by atoms with van der Waals surface area (Å²) in [6.45, 7) is 1.92. The third-order valence-electron chi connectivity index (χ3n) is 5.02. The standard InChI is InChI=1S/C25H19N3O2/c1-17-21(16-22-20-14-8-9-15-23(20)26-24(22)29)25(30-19-12-6-3-7-13-19)28(27-17)18-10-4-2-5-11-18/h2-16H,1H3,(H,26,29)/b22-16+. The van der Waals surface area contributed by atoms with Crippen molar-refractivity contribution in [3.8, 4) is 17.3 Å². The van der Waals surface area contributed by atoms with E-state index in [1.54, 1.807) is 4.68 Å². The molecule has 3 aromatic carbocycles. The number of nitrogens with zero attached hydrogens (tertiary/aromatic N) is 2. The summed E-state index contributed by atoms with van der Waals surface area (Å²) < 4.78 is 8.04. The van der Waals surface area contributed by atoms with Crippen molar-refractivity contribution in [2.24, 2.45) is 0 Å². The number of carbonyl (C=O) groups excluding carboxylic acids is 1. The first-order valence-corrected chi connectivity index (χ1v) is 9.71. The Hall–Kier alpha value is -4.12. The van der Waals surface area contributed by atoms with Crippen molar-refractivity contribution in [1.29, 1.82) is 0 Å². The zero-order valence-electron chi connectivity index (χ0n) is 16.4. The van der Waals surface area contributed by atoms with Gasteiger partial charge in [0.05, 0.1) is 16.9 Å². The minimum absolute atomic E-state index is 0.131. The summed E-state index contributed by atoms with van der Waals surface area (Å²) in [5.41, 5.74) is 4.71. The van der Waals surface area contributed by atoms with Gasteiger partial charge in [-0.3, -0.25) is 4.79 Å². The van der Waals surface area contributed by atoms with Gasteiger partial charge in [-0.2, -0.15) is 9.78 Å². The molecule has 0 unspecified atom stereocenters. The number of anilines is 1. The van der Waals surface area contributed by atoms with E-state index in [-0.39, 0.29) is 5.91 Å². The SMILES string of the molecule is Cc1nn(-c2ccccc2)c(Oc2ccccc2)c1/C=C1/C(=O)Nc2ccccc21. The van der Waals surface area contributed by atoms with Gasteiger partial charge in [0.1, 0.15) is 5.75 Å². The molecule has 0 bridgehead atoms. The van der Waals surface area contributed by atoms with Crippen molar-refractivity contribution in [1.82, 2.24) is 9.78 Å². The summed E-state index contributed by atoms with van der Waals surface area (Å²) in [4.78, 5) is 12.6. The number of benzene rings is 3. The molecule has 1 aliphatic rings. The lowest BCUT2D eigenvalue weighted by Crippen LogP contribution is -2.04. The van der Waals surface area contributed by atoms with Crippen LogP contribution >= 0.6 is 0 Å². The molecule has 5 heteroatoms. The predicted molar refractivity (Wildman–Crippen MR) is 118 cm³/mol. The lowest BCUT2D eigenvalue weighted by atomic mass is 10.0. The second-order valence-corrected chi connectivity index (χ2v) is 7.02. The van der Waals surface area contributed by atoms with Crippen LogP contribution in [0.5, 0.6) is 11.6 Å². The quantitative estimate of drug-likeness (QED) is 0.468. The number of ether oxygens (including phenoxy) is 1. The molecule has 1 aromatic heterocycles. The van der Waals surface area contributed by atoms with Gasteiger partial charge in [0, 0.05) is 16.8 Å². The summed E-state index contributed by atoms with van der Waals surface area (Å²) in [6.07, 6.45) is 1.86. The van der Waals surface area contributed by atoms with Gasteiger partial charge >= 0.3 is 0 Å². The maximum Gasteiger partial charge on any atom is 0.256 e. The van der Waals surface area contributed by atoms with Crippen molar-refractivity contribution >= 4 is 23.2 Å². The number of fused-ring (bicyclic) bond motifs is 1. The third-order valence-corrected chi connectivity index (χ3v) is 5.02. The minimum atomic E-state index is -0.131. The van der Waals surface area contributed by atoms with E-state index in [0.29, 0.717) is 17.2 Å². The van der Waals surface area contributed by atoms with E-state index in [2.05, 4.69) is 5.32 Å². The van der Waals surface area contributed by atoms with Crippen LogP contribution in [0.1, 0.15) is 16.8 Å². The molecular weight excluding hydrogens is 374 g/mol. The van der Waals surface area contributed by atoms with Gasteiger partial charge in [-0.05, 0) is 43.3 Å². The Bertz CT molecular complexity index is 1260. The molecule has 5 rings (SSSR count). The smallest absolute Gasteiger partial charge is 0.256 e. The number of nitrogens with one attached hydrogen (secondary N) is 1. The molecule has 5 nitrogen and oxygen atoms in total. The average Bonchev–Trinajstić information content (AvgIpc) is 3.26. The number of para-hydroxylation sites is 3. The van der Waals surface area contributed by atoms with Gasteiger partial charge < -0.3 is 10.1 Å². The molecule has 0 atom stereocenters. The van der Waals surface area contributed by atoms with E-state index in [0.717, 1.165) is 28.2 Å². The number of aromatic nitrogens is 2. The maximum atomic E-state index is 12.6. The number of rotatable bonds is 4. The van der Waals surface area contributed by atoms with E-state index in [4.69, 9.17) is 9.84 Å². The largest absolute Gasteiger partial charge is 0.438 e. The molecule has 0 radical (unpaired) electrons. The Morgan fingerprint density at radius 2 is 1.57 bits per heavy atom. The Morgan fingerprint density at radius 3 is 2.33 bits per heavy atom. The van der Waals surface area contributed by atoms with Crippen molar-refractivity contribution in [3.63, 3.8) is 0 Å². The number of aryl methyl sites for hydroxylation is 1. The van der Waals surface area contributed by atoms with Crippen LogP contribution in [-0.4, -0.2) is 15.7 Å². The van der Waals surface area contributed by atoms with Crippen LogP contribution in [0.2, 0.25) is 0 Å². The van der Waals surface area contributed by atoms with Gasteiger partial charge in [-0.1, -0.05) is 54.6 Å². The lowest BCUT2D eigenvalue weighted by Gasteiger charge is -2.10. The van der Waals surface area contributed by atoms with Crippen molar-refractivity contribution in [2.75, 3.05) is 5.32 Å². The van der Waals surface area contributed by atoms with Gasteiger partial charge in [0.15, 0.2) is 0 Å². The Labute approximate surface area is 174 Å². The van der Waals surface area contributed by atoms with Crippen molar-refractivity contribution in [2.45, 2.75) is 6.92 Å². The highest BCUT2D eigenvalue weighted by molar-refractivity contribution is 6.35. The lowest BCUT2D eigenvalue weighted by molar-refractivity contribution is -0.110. The van der Waals surface area contributed by atoms with Crippen LogP contribution in [-0.2, 0) is 4.79 Å². The van der Waals surface area contributed by atoms with Gasteiger partial charge in [-0.25, -0.2) is 0 Å². The number of hydrogen-bond acceptors (Lipinski definition) is 3. The highest BCUT2D eigenvalue weighted by Gasteiger charge is 2.26. The molecule has 146 valence electrons. The number of carbonyl (C=O) groups is 1. The molecule has 30 heavy (non-hydrogen) atoms. The van der Waals surface area contributed by atoms with E-state index < -0.39 is 0 Å².